The van der Waals surface area contributed by atoms with Crippen LogP contribution in [0.3, 0.4) is 0 Å². The van der Waals surface area contributed by atoms with Crippen molar-refractivity contribution in [2.75, 3.05) is 67.2 Å². The molecule has 6 bridgehead atoms. The Kier molecular flexibility index (Phi) is 31.0. The summed E-state index contributed by atoms with van der Waals surface area (Å²) in [7, 11) is -5.38. The van der Waals surface area contributed by atoms with Crippen LogP contribution in [0.2, 0.25) is 0 Å². The molecule has 1 amide bonds. The number of aryl methyl sites for hydroxylation is 3. The molecule has 0 aromatic carbocycles. The molecule has 6 unspecified atom stereocenters. The number of hydrogen-bond acceptors (Lipinski definition) is 30. The van der Waals surface area contributed by atoms with Gasteiger partial charge in [0.2, 0.25) is 17.8 Å². The first kappa shape index (κ1) is 82.6. The van der Waals surface area contributed by atoms with E-state index in [0.717, 1.165) is 89.1 Å². The normalized spacial score (nSPS) is 19.7. The standard InChI is InChI=1S/2C17H20N8O2S.C16H19N5.C5H7N3O4S.C2H5BrO.C2H4N2.CClNO3S/c2*1-24-11-13(10-20-24)22-17-19-6-4-16(23-17)12-8-14-2-3-15(9-12)25(14)28(26,27)21-7-5-18;1-21-10-14(9-18-21)19-16-17-5-4-15(20-16)13-7-11-2-3-12(6-11)8-13;6-1-2-7-13(10,11)8-3-4-12-5(8)9;2*3-1-2-4;2-7(4,5)6-1-3/h2*4,6,8,10-11,14-15,21H,2-3,7,9H2,1H3,(H,19,22,23);4-5,7,9-12H,2-3,6,8H2,1H3,(H,17,19,20);7H,2-4H2;4H,1-2H2;1,3H2;. The van der Waals surface area contributed by atoms with Gasteiger partial charge in [0.25, 0.3) is 20.4 Å². The third kappa shape index (κ3) is 25.0. The van der Waals surface area contributed by atoms with E-state index < -0.39 is 46.1 Å². The molecule has 45 heteroatoms. The van der Waals surface area contributed by atoms with Crippen LogP contribution in [0.1, 0.15) is 81.3 Å². The summed E-state index contributed by atoms with van der Waals surface area (Å²) in [6.45, 7) is -0.438. The fourth-order valence-corrected chi connectivity index (χ4v) is 16.0. The van der Waals surface area contributed by atoms with Gasteiger partial charge in [0.15, 0.2) is 0 Å². The minimum atomic E-state index is -4.06. The number of carbonyl (C=O) groups excluding carboxylic acids is 1. The van der Waals surface area contributed by atoms with Crippen LogP contribution in [0.4, 0.5) is 39.7 Å². The first-order valence-corrected chi connectivity index (χ1v) is 39.6. The molecule has 0 spiro atoms. The summed E-state index contributed by atoms with van der Waals surface area (Å²) in [5.74, 6) is 3.19. The maximum atomic E-state index is 12.5. The number of nitrogens with one attached hydrogen (secondary N) is 6. The number of aromatic nitrogens is 12. The zero-order valence-corrected chi connectivity index (χ0v) is 62.3. The highest BCUT2D eigenvalue weighted by Gasteiger charge is 2.45. The average molecular weight is 1610 g/mol. The van der Waals surface area contributed by atoms with Gasteiger partial charge >= 0.3 is 31.9 Å². The Labute approximate surface area is 619 Å². The van der Waals surface area contributed by atoms with Gasteiger partial charge in [-0.05, 0) is 111 Å². The van der Waals surface area contributed by atoms with Crippen molar-refractivity contribution < 1.29 is 52.5 Å². The zero-order valence-electron chi connectivity index (χ0n) is 56.7. The largest absolute Gasteiger partial charge is 0.447 e. The number of cyclic esters (lactones) is 1. The first-order valence-electron chi connectivity index (χ1n) is 31.9. The van der Waals surface area contributed by atoms with Crippen LogP contribution in [0.25, 0.3) is 16.7 Å². The van der Waals surface area contributed by atoms with E-state index in [1.807, 2.05) is 93.1 Å². The van der Waals surface area contributed by atoms with E-state index in [-0.39, 0.29) is 70.1 Å². The molecule has 5 aliphatic heterocycles. The summed E-state index contributed by atoms with van der Waals surface area (Å²) in [4.78, 5) is 37.4. The second-order valence-electron chi connectivity index (χ2n) is 23.2. The molecule has 2 aliphatic carbocycles. The fraction of sp³-hybridized carbons (Fsp3) is 0.450. The summed E-state index contributed by atoms with van der Waals surface area (Å²) >= 11 is 3.00. The van der Waals surface area contributed by atoms with Crippen molar-refractivity contribution in [1.82, 2.24) is 86.3 Å². The number of allylic oxidation sites excluding steroid dienone is 2. The number of nitriles is 5. The smallest absolute Gasteiger partial charge is 0.424 e. The SMILES string of the molecule is Cn1cc(Nc2nccc(C3=CC4CCC(C3)C4)n2)cn1.Cn1cc(Nc2nccc(C3=CC4CCC(C3)N4S(=O)(=O)NCC#N)n2)cn1.Cn1cc(Nc2nccc(C3=CC4CCC(C3)N4S(=O)(=O)NCC#N)n2)cn1.N#CCN.N#CCNS(=O)(=O)N1CCOC1=O.N#COS(=O)(=O)Cl.OCCBr. The van der Waals surface area contributed by atoms with Gasteiger partial charge in [0.05, 0.1) is 127 Å². The van der Waals surface area contributed by atoms with Crippen molar-refractivity contribution in [2.45, 2.75) is 88.4 Å². The van der Waals surface area contributed by atoms with Crippen LogP contribution in [0, 0.1) is 68.7 Å². The molecule has 6 atom stereocenters. The zero-order chi connectivity index (χ0) is 76.3. The van der Waals surface area contributed by atoms with Crippen molar-refractivity contribution >= 4 is 124 Å². The number of rotatable bonds is 20. The molecule has 6 aromatic heterocycles. The second kappa shape index (κ2) is 39.4. The topological polar surface area (TPSA) is 550 Å². The third-order valence-electron chi connectivity index (χ3n) is 15.9. The quantitative estimate of drug-likeness (QED) is 0.0234. The van der Waals surface area contributed by atoms with Crippen molar-refractivity contribution in [2.24, 2.45) is 38.7 Å². The van der Waals surface area contributed by atoms with Crippen LogP contribution >= 0.6 is 26.6 Å². The molecule has 9 N–H and O–H groups in total. The molecule has 6 aromatic rings. The molecule has 1 saturated carbocycles. The van der Waals surface area contributed by atoms with E-state index in [2.05, 4.69) is 118 Å². The first-order chi connectivity index (χ1) is 50.1. The number of amides is 1. The van der Waals surface area contributed by atoms with Crippen molar-refractivity contribution in [3.63, 3.8) is 0 Å². The Morgan fingerprint density at radius 3 is 1.31 bits per heavy atom. The number of aliphatic hydroxyl groups is 1. The van der Waals surface area contributed by atoms with Crippen LogP contribution in [0.15, 0.2) is 92.2 Å². The summed E-state index contributed by atoms with van der Waals surface area (Å²) in [6.07, 6.45) is 31.7. The Balaban J connectivity index is 0.000000188. The Morgan fingerprint density at radius 2 is 1.01 bits per heavy atom. The minimum Gasteiger partial charge on any atom is -0.447 e. The number of carbonyl (C=O) groups is 1. The number of alkyl halides is 1. The number of anilines is 6. The molecule has 3 saturated heterocycles. The van der Waals surface area contributed by atoms with Crippen LogP contribution < -0.4 is 35.9 Å². The van der Waals surface area contributed by atoms with E-state index in [4.69, 9.17) is 31.4 Å². The number of halogens is 2. The van der Waals surface area contributed by atoms with Crippen LogP contribution in [0.5, 0.6) is 0 Å². The van der Waals surface area contributed by atoms with Gasteiger partial charge in [-0.25, -0.2) is 34.7 Å². The maximum Gasteiger partial charge on any atom is 0.424 e. The molecule has 4 fully saturated rings. The Morgan fingerprint density at radius 1 is 0.610 bits per heavy atom. The van der Waals surface area contributed by atoms with Gasteiger partial charge in [-0.3, -0.25) is 18.2 Å². The van der Waals surface area contributed by atoms with Gasteiger partial charge in [0, 0.05) is 87.8 Å². The lowest BCUT2D eigenvalue weighted by molar-refractivity contribution is 0.169. The molecule has 13 rings (SSSR count). The number of nitrogens with two attached hydrogens (primary N) is 1. The predicted molar refractivity (Wildman–Crippen MR) is 384 cm³/mol. The lowest BCUT2D eigenvalue weighted by Gasteiger charge is -2.32. The number of hydrogen-bond donors (Lipinski definition) is 8. The van der Waals surface area contributed by atoms with Gasteiger partial charge in [0.1, 0.15) is 6.61 Å². The second-order valence-corrected chi connectivity index (χ2v) is 31.1. The van der Waals surface area contributed by atoms with Crippen LogP contribution in [-0.2, 0) is 70.0 Å². The van der Waals surface area contributed by atoms with E-state index in [1.165, 1.54) is 39.9 Å². The highest BCUT2D eigenvalue weighted by Crippen LogP contribution is 2.44. The minimum absolute atomic E-state index is 0.0143. The predicted octanol–water partition coefficient (Wildman–Crippen LogP) is 3.63. The summed E-state index contributed by atoms with van der Waals surface area (Å²) in [5, 5.41) is 70.7. The highest BCUT2D eigenvalue weighted by atomic mass is 79.9. The summed E-state index contributed by atoms with van der Waals surface area (Å²) in [5.41, 5.74) is 13.2. The molecule has 7 aliphatic rings. The van der Waals surface area contributed by atoms with Gasteiger partial charge in [-0.15, -0.1) is 5.26 Å². The van der Waals surface area contributed by atoms with Gasteiger partial charge < -0.3 is 31.5 Å². The molecule has 105 heavy (non-hydrogen) atoms. The summed E-state index contributed by atoms with van der Waals surface area (Å²) < 4.78 is 114. The van der Waals surface area contributed by atoms with Gasteiger partial charge in [-0.2, -0.15) is 97.1 Å². The number of ether oxygens (including phenoxy) is 1. The Bertz CT molecular complexity index is 4590. The average Bonchev–Trinajstić information content (AvgIpc) is 1.65. The lowest BCUT2D eigenvalue weighted by Crippen LogP contribution is -2.48. The molecule has 0 radical (unpaired) electrons. The van der Waals surface area contributed by atoms with Crippen LogP contribution in [-0.4, -0.2) is 192 Å². The van der Waals surface area contributed by atoms with E-state index in [0.29, 0.717) is 40.3 Å². The van der Waals surface area contributed by atoms with E-state index in [9.17, 15) is 38.5 Å². The molecule has 39 nitrogen and oxygen atoms in total. The van der Waals surface area contributed by atoms with Crippen molar-refractivity contribution in [3.8, 4) is 30.5 Å². The maximum absolute atomic E-state index is 12.5. The number of aliphatic hydroxyl groups excluding tert-OH is 1. The summed E-state index contributed by atoms with van der Waals surface area (Å²) in [6, 6.07) is 11.9. The number of nitrogens with zero attached hydrogens (tertiary/aromatic N) is 20. The Hall–Kier alpha value is -9.70. The molecular formula is C60H75BrClN27O12S4. The number of fused-ring (bicyclic) bond motifs is 6. The molecule has 11 heterocycles. The fourth-order valence-electron chi connectivity index (χ4n) is 11.9. The molecular weight excluding hydrogens is 1530 g/mol. The van der Waals surface area contributed by atoms with Gasteiger partial charge in [-0.1, -0.05) is 34.2 Å². The van der Waals surface area contributed by atoms with E-state index >= 15 is 0 Å². The van der Waals surface area contributed by atoms with E-state index in [1.54, 1.807) is 57.2 Å². The third-order valence-corrected chi connectivity index (χ3v) is 21.4. The lowest BCUT2D eigenvalue weighted by atomic mass is 9.88. The highest BCUT2D eigenvalue weighted by molar-refractivity contribution is 9.09. The van der Waals surface area contributed by atoms with Crippen molar-refractivity contribution in [1.29, 1.82) is 26.3 Å². The van der Waals surface area contributed by atoms with Crippen molar-refractivity contribution in [3.05, 3.63) is 109 Å². The molecule has 560 valence electrons. The monoisotopic (exact) mass is 1610 g/mol.